The summed E-state index contributed by atoms with van der Waals surface area (Å²) < 4.78 is 0. The van der Waals surface area contributed by atoms with Crippen molar-refractivity contribution in [3.63, 3.8) is 0 Å². The van der Waals surface area contributed by atoms with Gasteiger partial charge in [0.05, 0.1) is 0 Å². The average Bonchev–Trinajstić information content (AvgIpc) is 2.09. The van der Waals surface area contributed by atoms with E-state index in [1.165, 1.54) is 6.42 Å². The quantitative estimate of drug-likeness (QED) is 0.462. The zero-order valence-corrected chi connectivity index (χ0v) is 9.32. The van der Waals surface area contributed by atoms with Gasteiger partial charge in [0, 0.05) is 32.2 Å². The van der Waals surface area contributed by atoms with Crippen LogP contribution in [-0.4, -0.2) is 38.8 Å². The van der Waals surface area contributed by atoms with Crippen LogP contribution >= 0.6 is 0 Å². The average molecular weight is 187 g/mol. The summed E-state index contributed by atoms with van der Waals surface area (Å²) in [5.41, 5.74) is 0. The number of hydrogen-bond acceptors (Lipinski definition) is 3. The lowest BCUT2D eigenvalue weighted by atomic mass is 10.4. The van der Waals surface area contributed by atoms with E-state index < -0.39 is 0 Å². The Balaban J connectivity index is 2.84. The minimum atomic E-state index is 0.597. The largest absolute Gasteiger partial charge is 0.315 e. The molecule has 0 heterocycles. The van der Waals surface area contributed by atoms with Crippen molar-refractivity contribution < 1.29 is 0 Å². The predicted molar refractivity (Wildman–Crippen MR) is 59.2 cm³/mol. The molecule has 0 aromatic rings. The number of nitrogens with one attached hydrogen (secondary N) is 3. The summed E-state index contributed by atoms with van der Waals surface area (Å²) in [6, 6.07) is 0.597. The highest BCUT2D eigenvalue weighted by molar-refractivity contribution is 4.56. The first kappa shape index (κ1) is 12.9. The van der Waals surface area contributed by atoms with E-state index in [4.69, 9.17) is 0 Å². The zero-order valence-electron chi connectivity index (χ0n) is 9.32. The summed E-state index contributed by atoms with van der Waals surface area (Å²) in [7, 11) is 0. The molecule has 0 amide bonds. The van der Waals surface area contributed by atoms with E-state index in [0.717, 1.165) is 32.7 Å². The van der Waals surface area contributed by atoms with Crippen LogP contribution in [0.15, 0.2) is 0 Å². The summed E-state index contributed by atoms with van der Waals surface area (Å²) >= 11 is 0. The van der Waals surface area contributed by atoms with Crippen LogP contribution in [0.2, 0.25) is 0 Å². The van der Waals surface area contributed by atoms with Crippen LogP contribution < -0.4 is 16.0 Å². The van der Waals surface area contributed by atoms with Crippen molar-refractivity contribution >= 4 is 0 Å². The van der Waals surface area contributed by atoms with Crippen LogP contribution in [0.1, 0.15) is 27.2 Å². The molecule has 0 rings (SSSR count). The third kappa shape index (κ3) is 11.9. The Hall–Kier alpha value is -0.120. The van der Waals surface area contributed by atoms with Crippen molar-refractivity contribution in [2.24, 2.45) is 0 Å². The van der Waals surface area contributed by atoms with E-state index in [2.05, 4.69) is 36.7 Å². The standard InChI is InChI=1S/C10H25N3/c1-4-5-11-6-7-12-8-9-13-10(2)3/h10-13H,4-9H2,1-3H3. The zero-order chi connectivity index (χ0) is 9.94. The molecule has 0 fully saturated rings. The van der Waals surface area contributed by atoms with Gasteiger partial charge in [-0.15, -0.1) is 0 Å². The van der Waals surface area contributed by atoms with Gasteiger partial charge < -0.3 is 16.0 Å². The fourth-order valence-electron chi connectivity index (χ4n) is 1.05. The van der Waals surface area contributed by atoms with Crippen LogP contribution in [0.25, 0.3) is 0 Å². The number of rotatable bonds is 9. The van der Waals surface area contributed by atoms with Crippen LogP contribution in [-0.2, 0) is 0 Å². The molecule has 3 heteroatoms. The molecule has 0 bridgehead atoms. The lowest BCUT2D eigenvalue weighted by molar-refractivity contribution is 0.544. The van der Waals surface area contributed by atoms with Crippen molar-refractivity contribution in [1.82, 2.24) is 16.0 Å². The second-order valence-electron chi connectivity index (χ2n) is 3.61. The predicted octanol–water partition coefficient (Wildman–Crippen LogP) is 0.574. The monoisotopic (exact) mass is 187 g/mol. The molecule has 0 aromatic heterocycles. The van der Waals surface area contributed by atoms with E-state index in [0.29, 0.717) is 6.04 Å². The van der Waals surface area contributed by atoms with Gasteiger partial charge in [0.25, 0.3) is 0 Å². The van der Waals surface area contributed by atoms with E-state index in [1.807, 2.05) is 0 Å². The second kappa shape index (κ2) is 9.96. The second-order valence-corrected chi connectivity index (χ2v) is 3.61. The van der Waals surface area contributed by atoms with Gasteiger partial charge in [-0.1, -0.05) is 20.8 Å². The molecule has 0 aromatic carbocycles. The Labute approximate surface area is 82.7 Å². The van der Waals surface area contributed by atoms with Gasteiger partial charge in [-0.25, -0.2) is 0 Å². The highest BCUT2D eigenvalue weighted by Crippen LogP contribution is 1.73. The molecular formula is C10H25N3. The van der Waals surface area contributed by atoms with Gasteiger partial charge in [0.15, 0.2) is 0 Å². The highest BCUT2D eigenvalue weighted by atomic mass is 15.0. The first-order valence-electron chi connectivity index (χ1n) is 5.42. The Kier molecular flexibility index (Phi) is 9.87. The van der Waals surface area contributed by atoms with Crippen molar-refractivity contribution in [2.45, 2.75) is 33.2 Å². The summed E-state index contributed by atoms with van der Waals surface area (Å²) in [5, 5.41) is 10.1. The topological polar surface area (TPSA) is 36.1 Å². The van der Waals surface area contributed by atoms with Crippen LogP contribution in [0.3, 0.4) is 0 Å². The molecule has 80 valence electrons. The van der Waals surface area contributed by atoms with Crippen molar-refractivity contribution in [2.75, 3.05) is 32.7 Å². The van der Waals surface area contributed by atoms with E-state index in [1.54, 1.807) is 0 Å². The van der Waals surface area contributed by atoms with Gasteiger partial charge in [0.2, 0.25) is 0 Å². The van der Waals surface area contributed by atoms with Crippen molar-refractivity contribution in [3.05, 3.63) is 0 Å². The van der Waals surface area contributed by atoms with Gasteiger partial charge >= 0.3 is 0 Å². The Morgan fingerprint density at radius 3 is 1.92 bits per heavy atom. The summed E-state index contributed by atoms with van der Waals surface area (Å²) in [5.74, 6) is 0. The minimum absolute atomic E-state index is 0.597. The third-order valence-corrected chi connectivity index (χ3v) is 1.76. The molecule has 0 aliphatic rings. The SMILES string of the molecule is CCCNCCNCCNC(C)C. The van der Waals surface area contributed by atoms with Gasteiger partial charge in [0.1, 0.15) is 0 Å². The normalized spacial score (nSPS) is 11.1. The molecule has 0 spiro atoms. The van der Waals surface area contributed by atoms with Crippen LogP contribution in [0, 0.1) is 0 Å². The van der Waals surface area contributed by atoms with Crippen molar-refractivity contribution in [3.8, 4) is 0 Å². The van der Waals surface area contributed by atoms with E-state index in [9.17, 15) is 0 Å². The number of hydrogen-bond donors (Lipinski definition) is 3. The van der Waals surface area contributed by atoms with Gasteiger partial charge in [-0.2, -0.15) is 0 Å². The Morgan fingerprint density at radius 2 is 1.38 bits per heavy atom. The Bertz CT molecular complexity index is 94.2. The van der Waals surface area contributed by atoms with Gasteiger partial charge in [-0.05, 0) is 13.0 Å². The molecule has 0 aliphatic heterocycles. The smallest absolute Gasteiger partial charge is 0.00791 e. The molecule has 0 saturated heterocycles. The third-order valence-electron chi connectivity index (χ3n) is 1.76. The van der Waals surface area contributed by atoms with E-state index in [-0.39, 0.29) is 0 Å². The molecule has 0 atom stereocenters. The van der Waals surface area contributed by atoms with Crippen molar-refractivity contribution in [1.29, 1.82) is 0 Å². The maximum absolute atomic E-state index is 3.37. The van der Waals surface area contributed by atoms with Crippen LogP contribution in [0.5, 0.6) is 0 Å². The summed E-state index contributed by atoms with van der Waals surface area (Å²) in [4.78, 5) is 0. The molecule has 13 heavy (non-hydrogen) atoms. The van der Waals surface area contributed by atoms with E-state index >= 15 is 0 Å². The first-order valence-corrected chi connectivity index (χ1v) is 5.42. The Morgan fingerprint density at radius 1 is 0.846 bits per heavy atom. The summed E-state index contributed by atoms with van der Waals surface area (Å²) in [6.07, 6.45) is 1.22. The molecule has 0 saturated carbocycles. The molecule has 0 unspecified atom stereocenters. The maximum Gasteiger partial charge on any atom is 0.00791 e. The summed E-state index contributed by atoms with van der Waals surface area (Å²) in [6.45, 7) is 11.9. The lowest BCUT2D eigenvalue weighted by Crippen LogP contribution is -2.34. The molecule has 3 N–H and O–H groups in total. The molecular weight excluding hydrogens is 162 g/mol. The molecule has 0 radical (unpaired) electrons. The fourth-order valence-corrected chi connectivity index (χ4v) is 1.05. The molecule has 3 nitrogen and oxygen atoms in total. The van der Waals surface area contributed by atoms with Crippen LogP contribution in [0.4, 0.5) is 0 Å². The fraction of sp³-hybridized carbons (Fsp3) is 1.00. The molecule has 0 aliphatic carbocycles. The lowest BCUT2D eigenvalue weighted by Gasteiger charge is -2.09. The first-order chi connectivity index (χ1) is 6.27. The minimum Gasteiger partial charge on any atom is -0.315 e. The maximum atomic E-state index is 3.37. The highest BCUT2D eigenvalue weighted by Gasteiger charge is 1.90. The van der Waals surface area contributed by atoms with Gasteiger partial charge in [-0.3, -0.25) is 0 Å².